The first-order valence-electron chi connectivity index (χ1n) is 5.64. The molecule has 0 radical (unpaired) electrons. The quantitative estimate of drug-likeness (QED) is 0.541. The first kappa shape index (κ1) is 16.1. The van der Waals surface area contributed by atoms with Gasteiger partial charge in [-0.3, -0.25) is 14.3 Å². The van der Waals surface area contributed by atoms with Gasteiger partial charge in [0.05, 0.1) is 6.61 Å². The average Bonchev–Trinajstić information content (AvgIpc) is 2.63. The van der Waals surface area contributed by atoms with Gasteiger partial charge in [0.1, 0.15) is 12.2 Å². The standard InChI is InChI=1S/C10H10F4N2O4S/c11-9(10(12,13)14)6(19)4(3-17)20-7(9)16-2-1-5(18)15-8(16)21/h1-2,4,6-7,17,19H,3H2,(H,15,18,21)/t4?,6-,7?,9?/m0/s1. The Labute approximate surface area is 119 Å². The highest BCUT2D eigenvalue weighted by atomic mass is 32.1. The molecule has 3 N–H and O–H groups in total. The monoisotopic (exact) mass is 330 g/mol. The summed E-state index contributed by atoms with van der Waals surface area (Å²) < 4.78 is 58.4. The van der Waals surface area contributed by atoms with Crippen LogP contribution in [0.4, 0.5) is 17.6 Å². The molecular formula is C10H10F4N2O4S. The molecule has 2 heterocycles. The van der Waals surface area contributed by atoms with E-state index >= 15 is 0 Å². The summed E-state index contributed by atoms with van der Waals surface area (Å²) in [5.74, 6) is 0. The number of halogens is 4. The molecule has 3 unspecified atom stereocenters. The summed E-state index contributed by atoms with van der Waals surface area (Å²) in [5, 5.41) is 18.4. The van der Waals surface area contributed by atoms with Crippen molar-refractivity contribution in [1.29, 1.82) is 0 Å². The number of aromatic amines is 1. The van der Waals surface area contributed by atoms with Gasteiger partial charge in [-0.05, 0) is 12.2 Å². The Balaban J connectivity index is 2.60. The zero-order valence-electron chi connectivity index (χ0n) is 10.2. The molecule has 21 heavy (non-hydrogen) atoms. The van der Waals surface area contributed by atoms with Crippen molar-refractivity contribution in [2.45, 2.75) is 30.3 Å². The number of nitrogens with zero attached hydrogens (tertiary/aromatic N) is 1. The number of rotatable bonds is 2. The molecule has 1 aromatic heterocycles. The van der Waals surface area contributed by atoms with Crippen LogP contribution in [-0.2, 0) is 4.74 Å². The van der Waals surface area contributed by atoms with Gasteiger partial charge < -0.3 is 14.9 Å². The fourth-order valence-corrected chi connectivity index (χ4v) is 2.34. The molecule has 1 saturated heterocycles. The number of aliphatic hydroxyl groups is 2. The predicted octanol–water partition coefficient (Wildman–Crippen LogP) is 0.427. The number of H-pyrrole nitrogens is 1. The molecule has 118 valence electrons. The van der Waals surface area contributed by atoms with Crippen molar-refractivity contribution in [3.05, 3.63) is 27.4 Å². The van der Waals surface area contributed by atoms with E-state index in [0.717, 1.165) is 12.3 Å². The number of hydrogen-bond donors (Lipinski definition) is 3. The van der Waals surface area contributed by atoms with E-state index in [4.69, 9.17) is 9.84 Å². The minimum absolute atomic E-state index is 0.510. The number of ether oxygens (including phenoxy) is 1. The van der Waals surface area contributed by atoms with Crippen molar-refractivity contribution >= 4 is 12.2 Å². The molecule has 1 aliphatic heterocycles. The van der Waals surface area contributed by atoms with Crippen LogP contribution in [-0.4, -0.2) is 50.4 Å². The van der Waals surface area contributed by atoms with Crippen molar-refractivity contribution < 1.29 is 32.5 Å². The summed E-state index contributed by atoms with van der Waals surface area (Å²) >= 11 is 4.66. The summed E-state index contributed by atoms with van der Waals surface area (Å²) in [7, 11) is 0. The minimum atomic E-state index is -5.48. The summed E-state index contributed by atoms with van der Waals surface area (Å²) in [6.07, 6.45) is -11.4. The second-order valence-electron chi connectivity index (χ2n) is 4.44. The second-order valence-corrected chi connectivity index (χ2v) is 4.82. The Kier molecular flexibility index (Phi) is 3.95. The summed E-state index contributed by atoms with van der Waals surface area (Å²) in [6.45, 7) is -1.02. The highest BCUT2D eigenvalue weighted by Crippen LogP contribution is 2.51. The van der Waals surface area contributed by atoms with E-state index in [2.05, 4.69) is 12.2 Å². The van der Waals surface area contributed by atoms with Gasteiger partial charge in [-0.25, -0.2) is 4.39 Å². The third-order valence-electron chi connectivity index (χ3n) is 3.16. The van der Waals surface area contributed by atoms with Crippen molar-refractivity contribution in [1.82, 2.24) is 9.55 Å². The number of alkyl halides is 4. The smallest absolute Gasteiger partial charge is 0.394 e. The number of aliphatic hydroxyl groups excluding tert-OH is 2. The van der Waals surface area contributed by atoms with E-state index in [0.29, 0.717) is 4.57 Å². The van der Waals surface area contributed by atoms with Crippen molar-refractivity contribution in [2.24, 2.45) is 0 Å². The van der Waals surface area contributed by atoms with Gasteiger partial charge in [-0.2, -0.15) is 13.2 Å². The van der Waals surface area contributed by atoms with E-state index in [1.54, 1.807) is 0 Å². The largest absolute Gasteiger partial charge is 0.429 e. The van der Waals surface area contributed by atoms with Gasteiger partial charge in [0.15, 0.2) is 11.0 Å². The van der Waals surface area contributed by atoms with Crippen LogP contribution >= 0.6 is 12.2 Å². The van der Waals surface area contributed by atoms with Crippen LogP contribution in [0.15, 0.2) is 17.1 Å². The van der Waals surface area contributed by atoms with Crippen LogP contribution in [0.1, 0.15) is 6.23 Å². The lowest BCUT2D eigenvalue weighted by Crippen LogP contribution is -2.54. The third-order valence-corrected chi connectivity index (χ3v) is 3.48. The molecule has 1 aromatic rings. The van der Waals surface area contributed by atoms with Crippen molar-refractivity contribution in [3.8, 4) is 0 Å². The first-order chi connectivity index (χ1) is 9.62. The van der Waals surface area contributed by atoms with Gasteiger partial charge in [0.2, 0.25) is 0 Å². The minimum Gasteiger partial charge on any atom is -0.394 e. The van der Waals surface area contributed by atoms with Gasteiger partial charge in [-0.1, -0.05) is 0 Å². The molecule has 0 spiro atoms. The van der Waals surface area contributed by atoms with E-state index in [-0.39, 0.29) is 0 Å². The van der Waals surface area contributed by atoms with Crippen LogP contribution in [0, 0.1) is 4.77 Å². The average molecular weight is 330 g/mol. The van der Waals surface area contributed by atoms with E-state index in [9.17, 15) is 27.5 Å². The molecule has 11 heteroatoms. The Morgan fingerprint density at radius 2 is 2.14 bits per heavy atom. The fourth-order valence-electron chi connectivity index (χ4n) is 2.09. The summed E-state index contributed by atoms with van der Waals surface area (Å²) in [4.78, 5) is 13.0. The summed E-state index contributed by atoms with van der Waals surface area (Å²) in [5.41, 5.74) is -4.87. The van der Waals surface area contributed by atoms with Gasteiger partial charge in [0.25, 0.3) is 11.2 Å². The van der Waals surface area contributed by atoms with Crippen LogP contribution in [0.25, 0.3) is 0 Å². The normalized spacial score (nSPS) is 33.3. The highest BCUT2D eigenvalue weighted by Gasteiger charge is 2.72. The van der Waals surface area contributed by atoms with Gasteiger partial charge in [0, 0.05) is 12.3 Å². The second kappa shape index (κ2) is 5.16. The number of aromatic nitrogens is 2. The third kappa shape index (κ3) is 2.39. The molecule has 0 aromatic carbocycles. The zero-order chi connectivity index (χ0) is 16.0. The van der Waals surface area contributed by atoms with E-state index in [1.165, 1.54) is 0 Å². The Hall–Kier alpha value is -1.30. The van der Waals surface area contributed by atoms with Gasteiger partial charge in [-0.15, -0.1) is 0 Å². The Bertz CT molecular complexity index is 645. The molecule has 2 rings (SSSR count). The molecule has 1 fully saturated rings. The fraction of sp³-hybridized carbons (Fsp3) is 0.600. The molecule has 1 aliphatic rings. The number of nitrogens with one attached hydrogen (secondary N) is 1. The lowest BCUT2D eigenvalue weighted by molar-refractivity contribution is -0.273. The lowest BCUT2D eigenvalue weighted by Gasteiger charge is -2.31. The predicted molar refractivity (Wildman–Crippen MR) is 62.8 cm³/mol. The molecule has 0 saturated carbocycles. The molecule has 4 atom stereocenters. The topological polar surface area (TPSA) is 87.5 Å². The van der Waals surface area contributed by atoms with Crippen molar-refractivity contribution in [3.63, 3.8) is 0 Å². The van der Waals surface area contributed by atoms with Crippen LogP contribution in [0.2, 0.25) is 0 Å². The Morgan fingerprint density at radius 1 is 1.52 bits per heavy atom. The van der Waals surface area contributed by atoms with Crippen LogP contribution in [0.5, 0.6) is 0 Å². The lowest BCUT2D eigenvalue weighted by atomic mass is 9.95. The molecule has 0 aliphatic carbocycles. The first-order valence-corrected chi connectivity index (χ1v) is 6.05. The van der Waals surface area contributed by atoms with Crippen LogP contribution in [0.3, 0.4) is 0 Å². The maximum Gasteiger partial charge on any atom is 0.429 e. The van der Waals surface area contributed by atoms with Crippen molar-refractivity contribution in [2.75, 3.05) is 6.61 Å². The maximum absolute atomic E-state index is 14.5. The number of hydrogen-bond acceptors (Lipinski definition) is 5. The SMILES string of the molecule is O=c1ccn(C2OC(CO)[C@H](O)C2(F)C(F)(F)F)c(=S)[nH]1. The van der Waals surface area contributed by atoms with Gasteiger partial charge >= 0.3 is 6.18 Å². The highest BCUT2D eigenvalue weighted by molar-refractivity contribution is 7.71. The molecule has 6 nitrogen and oxygen atoms in total. The van der Waals surface area contributed by atoms with E-state index < -0.39 is 47.2 Å². The van der Waals surface area contributed by atoms with E-state index in [1.807, 2.05) is 4.98 Å². The maximum atomic E-state index is 14.5. The molecule has 0 amide bonds. The molecule has 0 bridgehead atoms. The van der Waals surface area contributed by atoms with Crippen LogP contribution < -0.4 is 5.56 Å². The zero-order valence-corrected chi connectivity index (χ0v) is 11.0. The Morgan fingerprint density at radius 3 is 2.62 bits per heavy atom. The molecular weight excluding hydrogens is 320 g/mol. The summed E-state index contributed by atoms with van der Waals surface area (Å²) in [6, 6.07) is 0.828.